The van der Waals surface area contributed by atoms with E-state index < -0.39 is 11.8 Å². The summed E-state index contributed by atoms with van der Waals surface area (Å²) in [4.78, 5) is 24.7. The van der Waals surface area contributed by atoms with Gasteiger partial charge in [-0.1, -0.05) is 48.0 Å². The predicted molar refractivity (Wildman–Crippen MR) is 123 cm³/mol. The van der Waals surface area contributed by atoms with Crippen molar-refractivity contribution in [3.8, 4) is 22.8 Å². The third-order valence-electron chi connectivity index (χ3n) is 4.88. The van der Waals surface area contributed by atoms with Gasteiger partial charge in [0.1, 0.15) is 0 Å². The minimum atomic E-state index is -0.740. The van der Waals surface area contributed by atoms with E-state index in [9.17, 15) is 14.7 Å². The topological polar surface area (TPSA) is 130 Å². The maximum Gasteiger partial charge on any atom is 0.294 e. The van der Waals surface area contributed by atoms with Crippen LogP contribution in [0.4, 0.5) is 0 Å². The third-order valence-corrected chi connectivity index (χ3v) is 5.19. The third kappa shape index (κ3) is 4.99. The van der Waals surface area contributed by atoms with E-state index in [0.29, 0.717) is 16.3 Å². The summed E-state index contributed by atoms with van der Waals surface area (Å²) < 4.78 is 3.48. The lowest BCUT2D eigenvalue weighted by Gasteiger charge is -2.09. The molecule has 2 heterocycles. The van der Waals surface area contributed by atoms with Gasteiger partial charge in [-0.3, -0.25) is 30.1 Å². The van der Waals surface area contributed by atoms with Crippen LogP contribution >= 0.6 is 12.2 Å². The minimum absolute atomic E-state index is 0.0391. The number of rotatable bonds is 6. The Bertz CT molecular complexity index is 1340. The number of carbonyl (C=O) groups excluding carboxylic acids is 2. The number of nitrogens with one attached hydrogen (secondary N) is 3. The highest BCUT2D eigenvalue weighted by molar-refractivity contribution is 7.71. The van der Waals surface area contributed by atoms with E-state index in [1.807, 2.05) is 49.4 Å². The van der Waals surface area contributed by atoms with E-state index in [4.69, 9.17) is 12.2 Å². The Balaban J connectivity index is 1.36. The van der Waals surface area contributed by atoms with E-state index >= 15 is 0 Å². The number of aryl methyl sites for hydroxylation is 1. The molecular weight excluding hydrogens is 442 g/mol. The maximum atomic E-state index is 12.4. The molecule has 0 radical (unpaired) electrons. The Morgan fingerprint density at radius 3 is 2.55 bits per heavy atom. The minimum Gasteiger partial charge on any atom is -0.504 e. The standard InChI is InChI=1S/C22H21N7O3S/c1-14-7-9-15(10-8-14)20-24-26-22(33)28(20)12-11-18(31)23-25-21(32)19-17(30)13-29(27-19)16-5-3-2-4-6-16/h2-10,13,30H,11-12H2,1H3,(H,23,31)(H,25,32)(H,26,33). The molecule has 0 atom stereocenters. The molecule has 2 amide bonds. The van der Waals surface area contributed by atoms with Crippen molar-refractivity contribution < 1.29 is 14.7 Å². The zero-order chi connectivity index (χ0) is 23.4. The Morgan fingerprint density at radius 1 is 1.09 bits per heavy atom. The monoisotopic (exact) mass is 463 g/mol. The molecule has 0 spiro atoms. The van der Waals surface area contributed by atoms with Crippen molar-refractivity contribution >= 4 is 24.0 Å². The second kappa shape index (κ2) is 9.49. The first-order valence-electron chi connectivity index (χ1n) is 10.1. The molecule has 0 saturated heterocycles. The largest absolute Gasteiger partial charge is 0.504 e. The van der Waals surface area contributed by atoms with Crippen molar-refractivity contribution in [3.05, 3.63) is 76.8 Å². The van der Waals surface area contributed by atoms with Gasteiger partial charge in [-0.25, -0.2) is 4.68 Å². The smallest absolute Gasteiger partial charge is 0.294 e. The highest BCUT2D eigenvalue weighted by Crippen LogP contribution is 2.19. The molecule has 4 aromatic rings. The first-order valence-corrected chi connectivity index (χ1v) is 10.5. The number of hydrogen-bond acceptors (Lipinski definition) is 6. The van der Waals surface area contributed by atoms with Crippen LogP contribution in [-0.4, -0.2) is 41.5 Å². The molecule has 2 aromatic heterocycles. The molecule has 4 rings (SSSR count). The van der Waals surface area contributed by atoms with E-state index in [1.165, 1.54) is 10.9 Å². The first-order chi connectivity index (χ1) is 15.9. The predicted octanol–water partition coefficient (Wildman–Crippen LogP) is 2.66. The SMILES string of the molecule is Cc1ccc(-c2n[nH]c(=S)n2CCC(=O)NNC(=O)c2nn(-c3ccccc3)cc2O)cc1. The fraction of sp³-hybridized carbons (Fsp3) is 0.136. The Hall–Kier alpha value is -4.25. The van der Waals surface area contributed by atoms with Crippen LogP contribution in [0.15, 0.2) is 60.8 Å². The Morgan fingerprint density at radius 2 is 1.82 bits per heavy atom. The van der Waals surface area contributed by atoms with Crippen molar-refractivity contribution in [1.82, 2.24) is 35.4 Å². The number of aromatic nitrogens is 5. The number of hydrazine groups is 1. The number of nitrogens with zero attached hydrogens (tertiary/aromatic N) is 4. The van der Waals surface area contributed by atoms with Crippen LogP contribution in [0, 0.1) is 11.7 Å². The number of H-pyrrole nitrogens is 1. The summed E-state index contributed by atoms with van der Waals surface area (Å²) in [5, 5.41) is 21.1. The second-order valence-corrected chi connectivity index (χ2v) is 7.65. The van der Waals surface area contributed by atoms with Gasteiger partial charge in [0.05, 0.1) is 11.9 Å². The molecule has 10 nitrogen and oxygen atoms in total. The molecule has 0 fully saturated rings. The number of hydrogen-bond donors (Lipinski definition) is 4. The van der Waals surface area contributed by atoms with E-state index in [-0.39, 0.29) is 24.4 Å². The maximum absolute atomic E-state index is 12.4. The van der Waals surface area contributed by atoms with Crippen LogP contribution in [0.3, 0.4) is 0 Å². The number of aromatic hydroxyl groups is 1. The van der Waals surface area contributed by atoms with Gasteiger partial charge in [-0.05, 0) is 31.3 Å². The molecule has 168 valence electrons. The molecule has 0 unspecified atom stereocenters. The highest BCUT2D eigenvalue weighted by Gasteiger charge is 2.18. The highest BCUT2D eigenvalue weighted by atomic mass is 32.1. The van der Waals surface area contributed by atoms with Gasteiger partial charge in [0.2, 0.25) is 5.91 Å². The van der Waals surface area contributed by atoms with Gasteiger partial charge in [0.15, 0.2) is 22.0 Å². The van der Waals surface area contributed by atoms with E-state index in [1.54, 1.807) is 16.7 Å². The van der Waals surface area contributed by atoms with Crippen LogP contribution in [0.5, 0.6) is 5.75 Å². The molecule has 0 saturated carbocycles. The van der Waals surface area contributed by atoms with Crippen molar-refractivity contribution in [3.63, 3.8) is 0 Å². The number of aromatic amines is 1. The van der Waals surface area contributed by atoms with Crippen LogP contribution < -0.4 is 10.9 Å². The van der Waals surface area contributed by atoms with Crippen LogP contribution in [0.2, 0.25) is 0 Å². The summed E-state index contributed by atoms with van der Waals surface area (Å²) in [5.41, 5.74) is 7.05. The lowest BCUT2D eigenvalue weighted by atomic mass is 10.1. The molecular formula is C22H21N7O3S. The summed E-state index contributed by atoms with van der Waals surface area (Å²) in [5.74, 6) is -0.870. The van der Waals surface area contributed by atoms with Crippen LogP contribution in [-0.2, 0) is 11.3 Å². The average molecular weight is 464 g/mol. The van der Waals surface area contributed by atoms with Gasteiger partial charge < -0.3 is 5.11 Å². The lowest BCUT2D eigenvalue weighted by Crippen LogP contribution is -2.42. The number of para-hydroxylation sites is 1. The van der Waals surface area contributed by atoms with Crippen molar-refractivity contribution in [2.45, 2.75) is 19.9 Å². The zero-order valence-electron chi connectivity index (χ0n) is 17.6. The molecule has 4 N–H and O–H groups in total. The molecule has 0 bridgehead atoms. The zero-order valence-corrected chi connectivity index (χ0v) is 18.5. The van der Waals surface area contributed by atoms with Crippen LogP contribution in [0.25, 0.3) is 17.1 Å². The van der Waals surface area contributed by atoms with Gasteiger partial charge in [-0.2, -0.15) is 10.2 Å². The number of carbonyl (C=O) groups is 2. The Labute approximate surface area is 193 Å². The molecule has 11 heteroatoms. The molecule has 0 aliphatic rings. The normalized spacial score (nSPS) is 10.7. The summed E-state index contributed by atoms with van der Waals surface area (Å²) >= 11 is 5.28. The fourth-order valence-corrected chi connectivity index (χ4v) is 3.37. The van der Waals surface area contributed by atoms with E-state index in [2.05, 4.69) is 26.1 Å². The first kappa shape index (κ1) is 22.0. The second-order valence-electron chi connectivity index (χ2n) is 7.27. The molecule has 0 aliphatic heterocycles. The number of benzene rings is 2. The summed E-state index contributed by atoms with van der Waals surface area (Å²) in [6, 6.07) is 16.8. The van der Waals surface area contributed by atoms with E-state index in [0.717, 1.165) is 11.1 Å². The van der Waals surface area contributed by atoms with Crippen molar-refractivity contribution in [2.75, 3.05) is 0 Å². The van der Waals surface area contributed by atoms with Gasteiger partial charge in [0.25, 0.3) is 5.91 Å². The molecule has 33 heavy (non-hydrogen) atoms. The summed E-state index contributed by atoms with van der Waals surface area (Å²) in [6.45, 7) is 2.25. The van der Waals surface area contributed by atoms with Gasteiger partial charge in [0, 0.05) is 18.5 Å². The average Bonchev–Trinajstić information content (AvgIpc) is 3.39. The fourth-order valence-electron chi connectivity index (χ4n) is 3.15. The van der Waals surface area contributed by atoms with Crippen LogP contribution in [0.1, 0.15) is 22.5 Å². The Kier molecular flexibility index (Phi) is 6.31. The molecule has 2 aromatic carbocycles. The molecule has 0 aliphatic carbocycles. The summed E-state index contributed by atoms with van der Waals surface area (Å²) in [6.07, 6.45) is 1.36. The van der Waals surface area contributed by atoms with Gasteiger partial charge in [-0.15, -0.1) is 0 Å². The van der Waals surface area contributed by atoms with Crippen molar-refractivity contribution in [2.24, 2.45) is 0 Å². The summed E-state index contributed by atoms with van der Waals surface area (Å²) in [7, 11) is 0. The van der Waals surface area contributed by atoms with Crippen molar-refractivity contribution in [1.29, 1.82) is 0 Å². The van der Waals surface area contributed by atoms with Gasteiger partial charge >= 0.3 is 0 Å². The number of amides is 2. The lowest BCUT2D eigenvalue weighted by molar-refractivity contribution is -0.122. The quantitative estimate of drug-likeness (QED) is 0.257.